The van der Waals surface area contributed by atoms with Crippen molar-refractivity contribution in [3.8, 4) is 5.75 Å². The van der Waals surface area contributed by atoms with E-state index in [0.29, 0.717) is 6.61 Å². The molecular weight excluding hydrogens is 342 g/mol. The lowest BCUT2D eigenvalue weighted by Gasteiger charge is -2.45. The van der Waals surface area contributed by atoms with Gasteiger partial charge >= 0.3 is 0 Å². The van der Waals surface area contributed by atoms with E-state index in [-0.39, 0.29) is 5.60 Å². The second-order valence-corrected chi connectivity index (χ2v) is 7.42. The van der Waals surface area contributed by atoms with Crippen molar-refractivity contribution in [2.45, 2.75) is 38.0 Å². The number of imidazole rings is 1. The maximum Gasteiger partial charge on any atom is 0.122 e. The summed E-state index contributed by atoms with van der Waals surface area (Å²) >= 11 is 0. The molecule has 0 N–H and O–H groups in total. The van der Waals surface area contributed by atoms with Crippen LogP contribution in [-0.4, -0.2) is 55.0 Å². The Kier molecular flexibility index (Phi) is 5.48. The zero-order chi connectivity index (χ0) is 18.7. The van der Waals surface area contributed by atoms with Gasteiger partial charge in [-0.1, -0.05) is 6.07 Å². The zero-order valence-electron chi connectivity index (χ0n) is 16.3. The van der Waals surface area contributed by atoms with Crippen LogP contribution in [0.2, 0.25) is 0 Å². The molecule has 0 unspecified atom stereocenters. The first kappa shape index (κ1) is 18.5. The topological polar surface area (TPSA) is 48.8 Å². The summed E-state index contributed by atoms with van der Waals surface area (Å²) in [7, 11) is 3.46. The first-order valence-electron chi connectivity index (χ1n) is 9.77. The quantitative estimate of drug-likeness (QED) is 0.781. The Morgan fingerprint density at radius 1 is 1.22 bits per heavy atom. The molecule has 0 atom stereocenters. The lowest BCUT2D eigenvalue weighted by atomic mass is 9.79. The summed E-state index contributed by atoms with van der Waals surface area (Å²) in [6, 6.07) is 6.45. The third-order valence-electron chi connectivity index (χ3n) is 5.92. The average molecular weight is 371 g/mol. The van der Waals surface area contributed by atoms with Crippen molar-refractivity contribution in [1.82, 2.24) is 14.5 Å². The molecule has 1 fully saturated rings. The van der Waals surface area contributed by atoms with Crippen molar-refractivity contribution in [2.24, 2.45) is 0 Å². The Balaban J connectivity index is 1.43. The summed E-state index contributed by atoms with van der Waals surface area (Å²) < 4.78 is 19.2. The predicted molar refractivity (Wildman–Crippen MR) is 103 cm³/mol. The molecule has 0 saturated carbocycles. The number of fused-ring (bicyclic) bond motifs is 2. The van der Waals surface area contributed by atoms with Gasteiger partial charge in [-0.15, -0.1) is 0 Å². The van der Waals surface area contributed by atoms with Gasteiger partial charge in [0.15, 0.2) is 0 Å². The average Bonchev–Trinajstić information content (AvgIpc) is 3.15. The third-order valence-corrected chi connectivity index (χ3v) is 5.92. The van der Waals surface area contributed by atoms with Gasteiger partial charge in [0.25, 0.3) is 0 Å². The highest BCUT2D eigenvalue weighted by Gasteiger charge is 2.40. The molecule has 2 aliphatic rings. The smallest absolute Gasteiger partial charge is 0.122 e. The van der Waals surface area contributed by atoms with Crippen LogP contribution in [0.25, 0.3) is 0 Å². The van der Waals surface area contributed by atoms with Crippen molar-refractivity contribution in [2.75, 3.05) is 40.5 Å². The van der Waals surface area contributed by atoms with Gasteiger partial charge in [-0.25, -0.2) is 4.98 Å². The fourth-order valence-corrected chi connectivity index (χ4v) is 4.35. The van der Waals surface area contributed by atoms with Crippen LogP contribution in [-0.2, 0) is 34.6 Å². The first-order valence-corrected chi connectivity index (χ1v) is 9.77. The number of hydrogen-bond donors (Lipinski definition) is 0. The van der Waals surface area contributed by atoms with E-state index in [2.05, 4.69) is 32.7 Å². The summed E-state index contributed by atoms with van der Waals surface area (Å²) in [6.07, 6.45) is 6.92. The third kappa shape index (κ3) is 3.74. The van der Waals surface area contributed by atoms with E-state index in [9.17, 15) is 0 Å². The predicted octanol–water partition coefficient (Wildman–Crippen LogP) is 2.60. The van der Waals surface area contributed by atoms with Crippen molar-refractivity contribution < 1.29 is 14.2 Å². The van der Waals surface area contributed by atoms with Crippen LogP contribution in [0.4, 0.5) is 0 Å². The molecular formula is C21H29N3O3. The monoisotopic (exact) mass is 371 g/mol. The molecule has 3 heterocycles. The van der Waals surface area contributed by atoms with E-state index in [1.165, 1.54) is 11.1 Å². The number of likely N-dealkylation sites (tertiary alicyclic amines) is 1. The summed E-state index contributed by atoms with van der Waals surface area (Å²) in [5.74, 6) is 2.05. The molecule has 0 radical (unpaired) electrons. The van der Waals surface area contributed by atoms with Crippen molar-refractivity contribution in [3.63, 3.8) is 0 Å². The molecule has 1 saturated heterocycles. The van der Waals surface area contributed by atoms with Gasteiger partial charge in [0.05, 0.1) is 32.5 Å². The number of hydrogen-bond acceptors (Lipinski definition) is 5. The maximum absolute atomic E-state index is 6.36. The lowest BCUT2D eigenvalue weighted by molar-refractivity contribution is -0.0992. The highest BCUT2D eigenvalue weighted by molar-refractivity contribution is 5.41. The van der Waals surface area contributed by atoms with Crippen LogP contribution in [0, 0.1) is 0 Å². The van der Waals surface area contributed by atoms with Crippen LogP contribution in [0.1, 0.15) is 29.8 Å². The fourth-order valence-electron chi connectivity index (χ4n) is 4.35. The van der Waals surface area contributed by atoms with Gasteiger partial charge in [-0.3, -0.25) is 4.90 Å². The summed E-state index contributed by atoms with van der Waals surface area (Å²) in [5.41, 5.74) is 2.60. The molecule has 146 valence electrons. The lowest BCUT2D eigenvalue weighted by Crippen LogP contribution is -2.46. The number of aromatic nitrogens is 2. The molecule has 2 aliphatic heterocycles. The Morgan fingerprint density at radius 2 is 2.07 bits per heavy atom. The van der Waals surface area contributed by atoms with E-state index < -0.39 is 0 Å². The minimum atomic E-state index is -0.137. The molecule has 1 aromatic heterocycles. The highest BCUT2D eigenvalue weighted by atomic mass is 16.5. The van der Waals surface area contributed by atoms with Crippen LogP contribution in [0.3, 0.4) is 0 Å². The molecule has 0 aliphatic carbocycles. The zero-order valence-corrected chi connectivity index (χ0v) is 16.3. The van der Waals surface area contributed by atoms with E-state index in [0.717, 1.165) is 63.6 Å². The second kappa shape index (κ2) is 8.00. The van der Waals surface area contributed by atoms with E-state index >= 15 is 0 Å². The van der Waals surface area contributed by atoms with Gasteiger partial charge in [-0.05, 0) is 42.5 Å². The second-order valence-electron chi connectivity index (χ2n) is 7.42. The van der Waals surface area contributed by atoms with Crippen LogP contribution < -0.4 is 4.74 Å². The Labute approximate surface area is 161 Å². The largest absolute Gasteiger partial charge is 0.497 e. The molecule has 27 heavy (non-hydrogen) atoms. The van der Waals surface area contributed by atoms with Crippen LogP contribution in [0.15, 0.2) is 30.6 Å². The Morgan fingerprint density at radius 3 is 2.85 bits per heavy atom. The highest BCUT2D eigenvalue weighted by Crippen LogP contribution is 2.42. The number of benzene rings is 1. The van der Waals surface area contributed by atoms with Crippen molar-refractivity contribution in [1.29, 1.82) is 0 Å². The molecule has 6 heteroatoms. The minimum absolute atomic E-state index is 0.137. The molecule has 1 spiro atoms. The summed E-state index contributed by atoms with van der Waals surface area (Å²) in [5, 5.41) is 0. The van der Waals surface area contributed by atoms with Gasteiger partial charge in [0, 0.05) is 39.1 Å². The molecule has 6 nitrogen and oxygen atoms in total. The van der Waals surface area contributed by atoms with Gasteiger partial charge in [-0.2, -0.15) is 0 Å². The van der Waals surface area contributed by atoms with E-state index in [4.69, 9.17) is 14.2 Å². The van der Waals surface area contributed by atoms with E-state index in [1.807, 2.05) is 12.4 Å². The van der Waals surface area contributed by atoms with Crippen LogP contribution >= 0.6 is 0 Å². The van der Waals surface area contributed by atoms with Gasteiger partial charge < -0.3 is 18.8 Å². The SMILES string of the molecule is COCCn1ccnc1CN1CCC2(CC1)OCCc1cc(OC)ccc12. The molecule has 1 aromatic carbocycles. The summed E-state index contributed by atoms with van der Waals surface area (Å²) in [6.45, 7) is 5.26. The first-order chi connectivity index (χ1) is 13.2. The number of rotatable bonds is 6. The van der Waals surface area contributed by atoms with Crippen LogP contribution in [0.5, 0.6) is 5.75 Å². The summed E-state index contributed by atoms with van der Waals surface area (Å²) in [4.78, 5) is 7.03. The van der Waals surface area contributed by atoms with E-state index in [1.54, 1.807) is 14.2 Å². The Hall–Kier alpha value is -1.89. The standard InChI is InChI=1S/C21H29N3O3/c1-25-14-12-24-11-8-22-20(24)16-23-9-6-21(7-10-23)19-4-3-18(26-2)15-17(19)5-13-27-21/h3-4,8,11,15H,5-7,9-10,12-14,16H2,1-2H3. The minimum Gasteiger partial charge on any atom is -0.497 e. The van der Waals surface area contributed by atoms with Crippen molar-refractivity contribution in [3.05, 3.63) is 47.5 Å². The number of nitrogens with zero attached hydrogens (tertiary/aromatic N) is 3. The molecule has 0 amide bonds. The van der Waals surface area contributed by atoms with Gasteiger partial charge in [0.1, 0.15) is 11.6 Å². The molecule has 2 aromatic rings. The maximum atomic E-state index is 6.36. The Bertz CT molecular complexity index is 766. The normalized spacial score (nSPS) is 19.2. The van der Waals surface area contributed by atoms with Gasteiger partial charge in [0.2, 0.25) is 0 Å². The number of methoxy groups -OCH3 is 2. The molecule has 0 bridgehead atoms. The molecule has 4 rings (SSSR count). The number of ether oxygens (including phenoxy) is 3. The number of piperidine rings is 1. The fraction of sp³-hybridized carbons (Fsp3) is 0.571. The van der Waals surface area contributed by atoms with Crippen molar-refractivity contribution >= 4 is 0 Å².